The molecule has 0 aromatic heterocycles. The molecule has 0 amide bonds. The van der Waals surface area contributed by atoms with Gasteiger partial charge < -0.3 is 114 Å². The zero-order chi connectivity index (χ0) is 53.5. The maximum absolute atomic E-state index is 12.1. The van der Waals surface area contributed by atoms with Crippen LogP contribution in [-0.4, -0.2) is 239 Å². The van der Waals surface area contributed by atoms with Gasteiger partial charge in [0.1, 0.15) is 91.6 Å². The molecule has 0 radical (unpaired) electrons. The van der Waals surface area contributed by atoms with Crippen LogP contribution in [0.1, 0.15) is 98.8 Å². The number of hydrogen-bond acceptors (Lipinski definition) is 23. The van der Waals surface area contributed by atoms with Gasteiger partial charge >= 0.3 is 0 Å². The van der Waals surface area contributed by atoms with E-state index in [1.165, 1.54) is 6.92 Å². The van der Waals surface area contributed by atoms with Crippen LogP contribution in [0, 0.1) is 52.3 Å². The summed E-state index contributed by atoms with van der Waals surface area (Å²) in [6.45, 7) is 8.76. The minimum atomic E-state index is -1.74. The monoisotopic (exact) mass is 1070 g/mol. The van der Waals surface area contributed by atoms with Crippen LogP contribution in [0.2, 0.25) is 0 Å². The van der Waals surface area contributed by atoms with Crippen molar-refractivity contribution < 1.29 is 114 Å². The van der Waals surface area contributed by atoms with Crippen molar-refractivity contribution in [2.45, 2.75) is 240 Å². The van der Waals surface area contributed by atoms with Crippen molar-refractivity contribution in [3.05, 3.63) is 0 Å². The van der Waals surface area contributed by atoms with Gasteiger partial charge in [-0.25, -0.2) is 0 Å². The van der Waals surface area contributed by atoms with Gasteiger partial charge in [0.25, 0.3) is 0 Å². The van der Waals surface area contributed by atoms with Crippen LogP contribution in [0.4, 0.5) is 0 Å². The Morgan fingerprint density at radius 1 is 0.568 bits per heavy atom. The number of fused-ring (bicyclic) bond motifs is 7. The van der Waals surface area contributed by atoms with E-state index in [1.54, 1.807) is 0 Å². The zero-order valence-corrected chi connectivity index (χ0v) is 43.1. The minimum absolute atomic E-state index is 0.0171. The topological polar surface area (TPSA) is 366 Å². The average Bonchev–Trinajstić information content (AvgIpc) is 3.82. The minimum Gasteiger partial charge on any atom is -0.394 e. The van der Waals surface area contributed by atoms with E-state index in [-0.39, 0.29) is 47.2 Å². The molecule has 32 atom stereocenters. The van der Waals surface area contributed by atoms with Gasteiger partial charge in [-0.3, -0.25) is 0 Å². The highest BCUT2D eigenvalue weighted by atomic mass is 16.8. The summed E-state index contributed by atoms with van der Waals surface area (Å²) in [6, 6.07) is 0. The third-order valence-electron chi connectivity index (χ3n) is 20.0. The first-order valence-electron chi connectivity index (χ1n) is 27.2. The second-order valence-corrected chi connectivity index (χ2v) is 24.3. The molecule has 5 aliphatic heterocycles. The van der Waals surface area contributed by atoms with Crippen LogP contribution in [0.3, 0.4) is 0 Å². The lowest BCUT2D eigenvalue weighted by atomic mass is 9.44. The molecule has 9 rings (SSSR count). The second kappa shape index (κ2) is 22.6. The van der Waals surface area contributed by atoms with Crippen LogP contribution in [-0.2, 0) is 42.6 Å². The Kier molecular flexibility index (Phi) is 17.6. The van der Waals surface area contributed by atoms with Crippen molar-refractivity contribution in [3.8, 4) is 0 Å². The average molecular weight is 1070 g/mol. The largest absolute Gasteiger partial charge is 0.394 e. The lowest BCUT2D eigenvalue weighted by Gasteiger charge is -2.61. The van der Waals surface area contributed by atoms with Gasteiger partial charge in [0, 0.05) is 12.3 Å². The number of rotatable bonds is 15. The van der Waals surface area contributed by atoms with Gasteiger partial charge in [0.2, 0.25) is 0 Å². The molecule has 23 nitrogen and oxygen atoms in total. The Morgan fingerprint density at radius 3 is 1.80 bits per heavy atom. The summed E-state index contributed by atoms with van der Waals surface area (Å²) < 4.78 is 54.1. The summed E-state index contributed by atoms with van der Waals surface area (Å²) in [6.07, 6.45) is -22.2. The summed E-state index contributed by atoms with van der Waals surface area (Å²) in [7, 11) is 0. The fourth-order valence-corrected chi connectivity index (χ4v) is 15.5. The molecular formula is C51H86O23. The van der Waals surface area contributed by atoms with E-state index in [9.17, 15) is 71.5 Å². The van der Waals surface area contributed by atoms with Gasteiger partial charge in [0.05, 0.1) is 44.7 Å². The van der Waals surface area contributed by atoms with Crippen molar-refractivity contribution >= 4 is 0 Å². The molecule has 5 heterocycles. The zero-order valence-electron chi connectivity index (χ0n) is 43.1. The van der Waals surface area contributed by atoms with Crippen LogP contribution < -0.4 is 0 Å². The fourth-order valence-electron chi connectivity index (χ4n) is 15.5. The predicted octanol–water partition coefficient (Wildman–Crippen LogP) is -2.93. The molecule has 9 aliphatic rings. The third kappa shape index (κ3) is 10.4. The molecule has 1 unspecified atom stereocenters. The Morgan fingerprint density at radius 2 is 1.15 bits per heavy atom. The van der Waals surface area contributed by atoms with E-state index < -0.39 is 155 Å². The van der Waals surface area contributed by atoms with Crippen LogP contribution in [0.5, 0.6) is 0 Å². The molecule has 0 aromatic rings. The molecule has 4 saturated carbocycles. The highest BCUT2D eigenvalue weighted by Crippen LogP contribution is 2.71. The molecule has 5 saturated heterocycles. The number of hydrogen-bond donors (Lipinski definition) is 14. The van der Waals surface area contributed by atoms with Crippen molar-refractivity contribution in [2.75, 3.05) is 26.4 Å². The molecule has 0 aromatic carbocycles. The third-order valence-corrected chi connectivity index (χ3v) is 20.0. The normalized spacial score (nSPS) is 56.0. The first-order valence-corrected chi connectivity index (χ1v) is 27.2. The summed E-state index contributed by atoms with van der Waals surface area (Å²) in [5.74, 6) is 0.202. The maximum atomic E-state index is 12.1. The molecule has 14 N–H and O–H groups in total. The Hall–Kier alpha value is -0.920. The van der Waals surface area contributed by atoms with Crippen LogP contribution >= 0.6 is 0 Å². The van der Waals surface area contributed by atoms with Crippen molar-refractivity contribution in [2.24, 2.45) is 52.3 Å². The van der Waals surface area contributed by atoms with Crippen LogP contribution in [0.25, 0.3) is 0 Å². The number of ether oxygens (including phenoxy) is 9. The Labute approximate surface area is 431 Å². The number of aliphatic hydroxyl groups is 14. The summed E-state index contributed by atoms with van der Waals surface area (Å²) in [5.41, 5.74) is -0.0583. The molecular weight excluding hydrogens is 981 g/mol. The van der Waals surface area contributed by atoms with E-state index in [0.717, 1.165) is 38.5 Å². The lowest BCUT2D eigenvalue weighted by Crippen LogP contribution is -2.65. The van der Waals surface area contributed by atoms with Gasteiger partial charge in [0.15, 0.2) is 30.9 Å². The Bertz CT molecular complexity index is 1850. The summed E-state index contributed by atoms with van der Waals surface area (Å²) in [4.78, 5) is 0. The van der Waals surface area contributed by atoms with Crippen molar-refractivity contribution in [1.29, 1.82) is 0 Å². The van der Waals surface area contributed by atoms with E-state index in [0.29, 0.717) is 43.4 Å². The standard InChI is InChI=1S/C51H86O23/c1-20(18-66-45-41(62)38(59)34(55)29(16-52)70-45)8-13-51(65)21(2)32-28(74-51)15-27-25-7-6-23-14-24(9-11-49(23,4)26(25)10-12-50(27,32)5)69-48-44(73-47-43(64)37(58)33(54)22(3)68-47)40(61)36(57)31(72-48)19-67-46-42(63)39(60)35(56)30(17-53)71-46/h20-48,52-65H,6-19H2,1-5H3/t20-,21+,22+,23-,24+,25-,26+,27+,28?,29-,30-,31-,32+,33+,34-,35-,36-,37-,38+,39+,40+,41-,42-,43-,44-,45-,46-,47+,48-,49+,50+,51-/m1/s1. The maximum Gasteiger partial charge on any atom is 0.187 e. The predicted molar refractivity (Wildman–Crippen MR) is 250 cm³/mol. The highest BCUT2D eigenvalue weighted by molar-refractivity contribution is 5.15. The smallest absolute Gasteiger partial charge is 0.187 e. The molecule has 0 bridgehead atoms. The van der Waals surface area contributed by atoms with E-state index in [4.69, 9.17) is 42.6 Å². The molecule has 4 aliphatic carbocycles. The van der Waals surface area contributed by atoms with Gasteiger partial charge in [-0.15, -0.1) is 0 Å². The van der Waals surface area contributed by atoms with E-state index in [1.807, 2.05) is 6.92 Å². The summed E-state index contributed by atoms with van der Waals surface area (Å²) >= 11 is 0. The molecule has 74 heavy (non-hydrogen) atoms. The van der Waals surface area contributed by atoms with E-state index in [2.05, 4.69) is 20.8 Å². The molecule has 428 valence electrons. The molecule has 9 fully saturated rings. The van der Waals surface area contributed by atoms with Crippen LogP contribution in [0.15, 0.2) is 0 Å². The first-order chi connectivity index (χ1) is 35.0. The summed E-state index contributed by atoms with van der Waals surface area (Å²) in [5, 5.41) is 148. The lowest BCUT2D eigenvalue weighted by molar-refractivity contribution is -0.376. The van der Waals surface area contributed by atoms with Crippen molar-refractivity contribution in [3.63, 3.8) is 0 Å². The van der Waals surface area contributed by atoms with Gasteiger partial charge in [-0.05, 0) is 111 Å². The first kappa shape index (κ1) is 57.8. The fraction of sp³-hybridized carbons (Fsp3) is 1.00. The molecule has 0 spiro atoms. The highest BCUT2D eigenvalue weighted by Gasteiger charge is 2.68. The number of aliphatic hydroxyl groups excluding tert-OH is 13. The quantitative estimate of drug-likeness (QED) is 0.0730. The SMILES string of the molecule is C[C@H](CC[C@@]1(O)OC2C[C@H]3[C@@H]4CC[C@@H]5C[C@@H](O[C@@H]6O[C@H](CO[C@@H]7O[C@H](CO)[C@@H](O)[C@H](O)[C@H]7O)[C@@H](O)[C@H](O)[C@H]6O[C@@H]6O[C@@H](C)[C@H](O)[C@@H](O)[C@H]6O)CC[C@]5(C)[C@H]4CC[C@]3(C)[C@H]2[C@@H]1C)CO[C@@H]1O[C@H](CO)[C@@H](O)[C@H](O)[C@H]1O. The second-order valence-electron chi connectivity index (χ2n) is 24.3. The Balaban J connectivity index is 0.826. The van der Waals surface area contributed by atoms with Gasteiger partial charge in [-0.2, -0.15) is 0 Å². The van der Waals surface area contributed by atoms with Gasteiger partial charge in [-0.1, -0.05) is 27.7 Å². The molecule has 23 heteroatoms. The van der Waals surface area contributed by atoms with Crippen molar-refractivity contribution in [1.82, 2.24) is 0 Å². The van der Waals surface area contributed by atoms with E-state index >= 15 is 0 Å².